The minimum absolute atomic E-state index is 0.0935. The monoisotopic (exact) mass is 268 g/mol. The zero-order valence-corrected chi connectivity index (χ0v) is 10.3. The lowest BCUT2D eigenvalue weighted by Crippen LogP contribution is -2.17. The summed E-state index contributed by atoms with van der Waals surface area (Å²) in [5, 5.41) is 5.76. The Morgan fingerprint density at radius 1 is 1.47 bits per heavy atom. The Balaban J connectivity index is 2.26. The van der Waals surface area contributed by atoms with Crippen LogP contribution >= 0.6 is 11.3 Å². The predicted octanol–water partition coefficient (Wildman–Crippen LogP) is 2.72. The number of hydrogen-bond acceptors (Lipinski definition) is 4. The number of nitrogens with one attached hydrogen (secondary N) is 1. The Labute approximate surface area is 102 Å². The van der Waals surface area contributed by atoms with E-state index in [0.29, 0.717) is 12.2 Å². The van der Waals surface area contributed by atoms with E-state index < -0.39 is 12.8 Å². The van der Waals surface area contributed by atoms with Crippen molar-refractivity contribution in [3.05, 3.63) is 16.1 Å². The van der Waals surface area contributed by atoms with Gasteiger partial charge in [0.1, 0.15) is 11.6 Å². The maximum absolute atomic E-state index is 11.8. The number of ether oxygens (including phenoxy) is 1. The molecule has 1 N–H and O–H groups in total. The average molecular weight is 268 g/mol. The Morgan fingerprint density at radius 2 is 2.24 bits per heavy atom. The molecule has 0 aliphatic heterocycles. The molecular weight excluding hydrogens is 253 g/mol. The first kappa shape index (κ1) is 14.4. The molecule has 1 aromatic heterocycles. The molecule has 1 heterocycles. The van der Waals surface area contributed by atoms with E-state index in [4.69, 9.17) is 0 Å². The Morgan fingerprint density at radius 3 is 2.88 bits per heavy atom. The normalized spacial score (nSPS) is 12.0. The van der Waals surface area contributed by atoms with Gasteiger partial charge in [-0.1, -0.05) is 6.92 Å². The molecule has 0 saturated carbocycles. The summed E-state index contributed by atoms with van der Waals surface area (Å²) in [6.07, 6.45) is -3.24. The minimum Gasteiger partial charge on any atom is -0.366 e. The topological polar surface area (TPSA) is 34.2 Å². The zero-order chi connectivity index (χ0) is 12.7. The summed E-state index contributed by atoms with van der Waals surface area (Å²) in [6, 6.07) is 0. The molecule has 98 valence electrons. The smallest absolute Gasteiger partial charge is 0.366 e. The van der Waals surface area contributed by atoms with Crippen molar-refractivity contribution >= 4 is 11.3 Å². The number of aromatic nitrogens is 1. The number of nitrogens with zero attached hydrogens (tertiary/aromatic N) is 1. The fourth-order valence-corrected chi connectivity index (χ4v) is 1.89. The van der Waals surface area contributed by atoms with E-state index in [9.17, 15) is 13.2 Å². The number of hydrogen-bond donors (Lipinski definition) is 1. The molecule has 3 nitrogen and oxygen atoms in total. The number of thiazole rings is 1. The van der Waals surface area contributed by atoms with Crippen LogP contribution < -0.4 is 5.32 Å². The minimum atomic E-state index is -4.28. The highest BCUT2D eigenvalue weighted by Gasteiger charge is 2.27. The lowest BCUT2D eigenvalue weighted by molar-refractivity contribution is -0.176. The molecule has 1 aromatic rings. The van der Waals surface area contributed by atoms with Crippen molar-refractivity contribution < 1.29 is 17.9 Å². The molecule has 0 aliphatic rings. The molecule has 0 bridgehead atoms. The maximum Gasteiger partial charge on any atom is 0.411 e. The first-order chi connectivity index (χ1) is 8.01. The van der Waals surface area contributed by atoms with Crippen molar-refractivity contribution in [1.82, 2.24) is 10.3 Å². The van der Waals surface area contributed by atoms with E-state index in [2.05, 4.69) is 22.0 Å². The zero-order valence-electron chi connectivity index (χ0n) is 9.51. The number of rotatable bonds is 7. The molecule has 0 saturated heterocycles. The van der Waals surface area contributed by atoms with E-state index in [1.54, 1.807) is 5.38 Å². The molecule has 7 heteroatoms. The van der Waals surface area contributed by atoms with Crippen molar-refractivity contribution in [2.45, 2.75) is 32.7 Å². The highest BCUT2D eigenvalue weighted by molar-refractivity contribution is 7.09. The summed E-state index contributed by atoms with van der Waals surface area (Å²) in [5.74, 6) is 0. The van der Waals surface area contributed by atoms with E-state index in [0.717, 1.165) is 18.0 Å². The maximum atomic E-state index is 11.8. The lowest BCUT2D eigenvalue weighted by atomic mass is 10.5. The van der Waals surface area contributed by atoms with Crippen molar-refractivity contribution in [3.8, 4) is 0 Å². The van der Waals surface area contributed by atoms with E-state index in [1.165, 1.54) is 11.3 Å². The van der Waals surface area contributed by atoms with Crippen molar-refractivity contribution in [1.29, 1.82) is 0 Å². The van der Waals surface area contributed by atoms with Gasteiger partial charge in [0.2, 0.25) is 0 Å². The van der Waals surface area contributed by atoms with Crippen molar-refractivity contribution in [2.75, 3.05) is 13.2 Å². The lowest BCUT2D eigenvalue weighted by Gasteiger charge is -2.05. The van der Waals surface area contributed by atoms with Crippen LogP contribution in [0.5, 0.6) is 0 Å². The first-order valence-electron chi connectivity index (χ1n) is 5.29. The summed E-state index contributed by atoms with van der Waals surface area (Å²) >= 11 is 1.42. The standard InChI is InChI=1S/C10H15F3N2OS/c1-2-3-14-4-9-15-8(6-17-9)5-16-7-10(11,12)13/h6,14H,2-5,7H2,1H3. The van der Waals surface area contributed by atoms with Gasteiger partial charge in [-0.2, -0.15) is 13.2 Å². The predicted molar refractivity (Wildman–Crippen MR) is 59.8 cm³/mol. The highest BCUT2D eigenvalue weighted by Crippen LogP contribution is 2.16. The van der Waals surface area contributed by atoms with Crippen molar-refractivity contribution in [3.63, 3.8) is 0 Å². The second kappa shape index (κ2) is 6.93. The molecule has 0 aromatic carbocycles. The third kappa shape index (κ3) is 6.60. The van der Waals surface area contributed by atoms with Crippen LogP contribution in [0.3, 0.4) is 0 Å². The van der Waals surface area contributed by atoms with Crippen LogP contribution in [-0.4, -0.2) is 24.3 Å². The number of alkyl halides is 3. The van der Waals surface area contributed by atoms with Crippen LogP contribution in [-0.2, 0) is 17.9 Å². The largest absolute Gasteiger partial charge is 0.411 e. The molecule has 0 radical (unpaired) electrons. The average Bonchev–Trinajstić information content (AvgIpc) is 2.64. The Hall–Kier alpha value is -0.660. The number of halogens is 3. The van der Waals surface area contributed by atoms with Crippen LogP contribution in [0.25, 0.3) is 0 Å². The summed E-state index contributed by atoms with van der Waals surface area (Å²) in [7, 11) is 0. The van der Waals surface area contributed by atoms with Gasteiger partial charge in [-0.05, 0) is 13.0 Å². The molecule has 0 atom stereocenters. The third-order valence-electron chi connectivity index (χ3n) is 1.82. The molecule has 0 spiro atoms. The molecular formula is C10H15F3N2OS. The molecule has 0 fully saturated rings. The second-order valence-corrected chi connectivity index (χ2v) is 4.46. The SMILES string of the molecule is CCCNCc1nc(COCC(F)(F)F)cs1. The van der Waals surface area contributed by atoms with Gasteiger partial charge >= 0.3 is 6.18 Å². The second-order valence-electron chi connectivity index (χ2n) is 3.52. The van der Waals surface area contributed by atoms with E-state index >= 15 is 0 Å². The Kier molecular flexibility index (Phi) is 5.87. The quantitative estimate of drug-likeness (QED) is 0.772. The van der Waals surface area contributed by atoms with Gasteiger partial charge in [-0.3, -0.25) is 0 Å². The summed E-state index contributed by atoms with van der Waals surface area (Å²) in [6.45, 7) is 2.29. The van der Waals surface area contributed by atoms with Crippen LogP contribution in [0.15, 0.2) is 5.38 Å². The molecule has 0 amide bonds. The fraction of sp³-hybridized carbons (Fsp3) is 0.700. The van der Waals surface area contributed by atoms with E-state index in [1.807, 2.05) is 0 Å². The Bertz CT molecular complexity index is 328. The summed E-state index contributed by atoms with van der Waals surface area (Å²) < 4.78 is 40.0. The van der Waals surface area contributed by atoms with Crippen LogP contribution in [0.2, 0.25) is 0 Å². The summed E-state index contributed by atoms with van der Waals surface area (Å²) in [5.41, 5.74) is 0.549. The van der Waals surface area contributed by atoms with E-state index in [-0.39, 0.29) is 6.61 Å². The summed E-state index contributed by atoms with van der Waals surface area (Å²) in [4.78, 5) is 4.17. The molecule has 17 heavy (non-hydrogen) atoms. The third-order valence-corrected chi connectivity index (χ3v) is 2.72. The van der Waals surface area contributed by atoms with Gasteiger partial charge < -0.3 is 10.1 Å². The van der Waals surface area contributed by atoms with Gasteiger partial charge in [0.25, 0.3) is 0 Å². The molecule has 1 rings (SSSR count). The highest BCUT2D eigenvalue weighted by atomic mass is 32.1. The van der Waals surface area contributed by atoms with Crippen LogP contribution in [0.4, 0.5) is 13.2 Å². The van der Waals surface area contributed by atoms with Gasteiger partial charge in [0.15, 0.2) is 0 Å². The van der Waals surface area contributed by atoms with Crippen molar-refractivity contribution in [2.24, 2.45) is 0 Å². The molecule has 0 aliphatic carbocycles. The van der Waals surface area contributed by atoms with Gasteiger partial charge in [0, 0.05) is 11.9 Å². The van der Waals surface area contributed by atoms with Gasteiger partial charge in [0.05, 0.1) is 12.3 Å². The van der Waals surface area contributed by atoms with Crippen LogP contribution in [0.1, 0.15) is 24.0 Å². The molecule has 0 unspecified atom stereocenters. The first-order valence-corrected chi connectivity index (χ1v) is 6.17. The van der Waals surface area contributed by atoms with Gasteiger partial charge in [-0.25, -0.2) is 4.98 Å². The van der Waals surface area contributed by atoms with Crippen LogP contribution in [0, 0.1) is 0 Å². The fourth-order valence-electron chi connectivity index (χ4n) is 1.14. The van der Waals surface area contributed by atoms with Gasteiger partial charge in [-0.15, -0.1) is 11.3 Å².